The second-order valence-corrected chi connectivity index (χ2v) is 8.14. The lowest BCUT2D eigenvalue weighted by Crippen LogP contribution is -2.44. The fourth-order valence-corrected chi connectivity index (χ4v) is 4.33. The van der Waals surface area contributed by atoms with E-state index in [0.29, 0.717) is 31.6 Å². The predicted octanol–water partition coefficient (Wildman–Crippen LogP) is 0.939. The van der Waals surface area contributed by atoms with Gasteiger partial charge < -0.3 is 16.0 Å². The third kappa shape index (κ3) is 4.83. The number of benzene rings is 1. The molecule has 9 heteroatoms. The zero-order valence-electron chi connectivity index (χ0n) is 17.2. The number of pyridine rings is 1. The number of nitrogens with zero attached hydrogens (tertiary/aromatic N) is 3. The van der Waals surface area contributed by atoms with Crippen molar-refractivity contribution < 1.29 is 14.0 Å². The Bertz CT molecular complexity index is 1040. The molecule has 0 aliphatic carbocycles. The molecule has 0 unspecified atom stereocenters. The lowest BCUT2D eigenvalue weighted by Gasteiger charge is -2.27. The normalized spacial score (nSPS) is 21.6. The van der Waals surface area contributed by atoms with Gasteiger partial charge in [0.1, 0.15) is 5.82 Å². The third-order valence-electron chi connectivity index (χ3n) is 5.84. The van der Waals surface area contributed by atoms with Crippen molar-refractivity contribution in [2.45, 2.75) is 31.3 Å². The smallest absolute Gasteiger partial charge is 0.255 e. The maximum Gasteiger partial charge on any atom is 0.255 e. The molecule has 2 saturated heterocycles. The number of anilines is 1. The highest BCUT2D eigenvalue weighted by Crippen LogP contribution is 2.21. The molecule has 3 heterocycles. The average Bonchev–Trinajstić information content (AvgIpc) is 3.29. The number of halogens is 1. The summed E-state index contributed by atoms with van der Waals surface area (Å²) in [5.41, 5.74) is 6.25. The highest BCUT2D eigenvalue weighted by atomic mass is 19.1. The predicted molar refractivity (Wildman–Crippen MR) is 114 cm³/mol. The van der Waals surface area contributed by atoms with E-state index >= 15 is 0 Å². The first-order valence-electron chi connectivity index (χ1n) is 10.5. The van der Waals surface area contributed by atoms with Crippen LogP contribution in [-0.4, -0.2) is 64.4 Å². The van der Waals surface area contributed by atoms with Crippen LogP contribution in [0, 0.1) is 5.82 Å². The molecule has 2 aromatic rings. The van der Waals surface area contributed by atoms with E-state index in [1.807, 2.05) is 9.80 Å². The molecule has 1 aromatic heterocycles. The summed E-state index contributed by atoms with van der Waals surface area (Å²) >= 11 is 0. The molecule has 1 aromatic carbocycles. The zero-order valence-corrected chi connectivity index (χ0v) is 17.2. The molecule has 2 amide bonds. The number of hydrogen-bond donors (Lipinski definition) is 2. The Balaban J connectivity index is 1.40. The van der Waals surface area contributed by atoms with Gasteiger partial charge in [0.2, 0.25) is 11.8 Å². The van der Waals surface area contributed by atoms with Crippen LogP contribution in [0.5, 0.6) is 0 Å². The topological polar surface area (TPSA) is 101 Å². The maximum atomic E-state index is 14.6. The van der Waals surface area contributed by atoms with E-state index in [4.69, 9.17) is 5.73 Å². The average molecular weight is 427 g/mol. The quantitative estimate of drug-likeness (QED) is 0.715. The maximum absolute atomic E-state index is 14.6. The van der Waals surface area contributed by atoms with Gasteiger partial charge in [0.15, 0.2) is 0 Å². The van der Waals surface area contributed by atoms with E-state index in [1.54, 1.807) is 24.4 Å². The number of nitrogens with two attached hydrogens (primary N) is 1. The van der Waals surface area contributed by atoms with Crippen LogP contribution in [0.4, 0.5) is 10.1 Å². The molecule has 31 heavy (non-hydrogen) atoms. The number of nitrogens with one attached hydrogen (secondary N) is 1. The number of likely N-dealkylation sites (tertiary alicyclic amines) is 2. The Morgan fingerprint density at radius 2 is 2.06 bits per heavy atom. The highest BCUT2D eigenvalue weighted by Gasteiger charge is 2.34. The van der Waals surface area contributed by atoms with Crippen molar-refractivity contribution in [2.24, 2.45) is 5.73 Å². The van der Waals surface area contributed by atoms with E-state index in [2.05, 4.69) is 5.32 Å². The lowest BCUT2D eigenvalue weighted by atomic mass is 10.1. The third-order valence-corrected chi connectivity index (χ3v) is 5.84. The van der Waals surface area contributed by atoms with Crippen LogP contribution in [0.3, 0.4) is 0 Å². The summed E-state index contributed by atoms with van der Waals surface area (Å²) in [6.45, 7) is 1.93. The van der Waals surface area contributed by atoms with Gasteiger partial charge in [0.05, 0.1) is 17.9 Å². The molecule has 0 spiro atoms. The summed E-state index contributed by atoms with van der Waals surface area (Å²) in [5, 5.41) is 2.60. The minimum absolute atomic E-state index is 0.0139. The monoisotopic (exact) mass is 427 g/mol. The largest absolute Gasteiger partial charge is 0.341 e. The summed E-state index contributed by atoms with van der Waals surface area (Å²) in [7, 11) is 0. The van der Waals surface area contributed by atoms with E-state index in [-0.39, 0.29) is 41.7 Å². The molecule has 2 aliphatic heterocycles. The fraction of sp³-hybridized carbons (Fsp3) is 0.409. The van der Waals surface area contributed by atoms with Crippen molar-refractivity contribution in [3.63, 3.8) is 0 Å². The van der Waals surface area contributed by atoms with Crippen LogP contribution in [0.2, 0.25) is 0 Å². The molecule has 2 fully saturated rings. The number of carbonyl (C=O) groups is 2. The molecule has 2 aliphatic rings. The van der Waals surface area contributed by atoms with Crippen molar-refractivity contribution in [2.75, 3.05) is 31.5 Å². The van der Waals surface area contributed by atoms with Crippen molar-refractivity contribution in [1.82, 2.24) is 14.4 Å². The Labute approximate surface area is 179 Å². The van der Waals surface area contributed by atoms with E-state index in [1.165, 1.54) is 22.8 Å². The molecule has 164 valence electrons. The summed E-state index contributed by atoms with van der Waals surface area (Å²) in [6, 6.07) is 8.87. The highest BCUT2D eigenvalue weighted by molar-refractivity contribution is 5.92. The molecule has 3 N–H and O–H groups in total. The van der Waals surface area contributed by atoms with Gasteiger partial charge in [-0.2, -0.15) is 0 Å². The Hall–Kier alpha value is -3.04. The number of amides is 2. The molecular weight excluding hydrogens is 401 g/mol. The van der Waals surface area contributed by atoms with Gasteiger partial charge in [0.25, 0.3) is 5.56 Å². The molecule has 4 rings (SSSR count). The van der Waals surface area contributed by atoms with Crippen LogP contribution >= 0.6 is 0 Å². The van der Waals surface area contributed by atoms with E-state index in [9.17, 15) is 18.8 Å². The van der Waals surface area contributed by atoms with Crippen molar-refractivity contribution in [3.8, 4) is 5.69 Å². The molecular formula is C22H26FN5O3. The van der Waals surface area contributed by atoms with Gasteiger partial charge in [-0.05, 0) is 31.0 Å². The number of rotatable bonds is 6. The van der Waals surface area contributed by atoms with Gasteiger partial charge in [-0.1, -0.05) is 6.07 Å². The second-order valence-electron chi connectivity index (χ2n) is 8.14. The minimum Gasteiger partial charge on any atom is -0.341 e. The summed E-state index contributed by atoms with van der Waals surface area (Å²) in [5.74, 6) is -0.834. The summed E-state index contributed by atoms with van der Waals surface area (Å²) in [6.07, 6.45) is 3.70. The molecule has 2 atom stereocenters. The van der Waals surface area contributed by atoms with Gasteiger partial charge in [-0.3, -0.25) is 23.9 Å². The Kier molecular flexibility index (Phi) is 6.15. The SMILES string of the molecule is N[C@@H]1C[C@@H](CN2CCCC2=O)N(CC(=O)Nc2ccc(-n3ccccc3=O)cc2F)C1. The number of carbonyl (C=O) groups excluding carboxylic acids is 2. The van der Waals surface area contributed by atoms with Gasteiger partial charge in [0, 0.05) is 56.5 Å². The first-order valence-corrected chi connectivity index (χ1v) is 10.5. The van der Waals surface area contributed by atoms with E-state index < -0.39 is 5.82 Å². The van der Waals surface area contributed by atoms with Gasteiger partial charge in [-0.15, -0.1) is 0 Å². The first kappa shape index (κ1) is 21.2. The molecule has 0 bridgehead atoms. The molecule has 0 radical (unpaired) electrons. The van der Waals surface area contributed by atoms with Crippen LogP contribution < -0.4 is 16.6 Å². The van der Waals surface area contributed by atoms with Crippen molar-refractivity contribution >= 4 is 17.5 Å². The van der Waals surface area contributed by atoms with E-state index in [0.717, 1.165) is 13.0 Å². The van der Waals surface area contributed by atoms with Crippen molar-refractivity contribution in [3.05, 3.63) is 58.8 Å². The zero-order chi connectivity index (χ0) is 22.0. The Morgan fingerprint density at radius 3 is 2.77 bits per heavy atom. The van der Waals surface area contributed by atoms with Crippen LogP contribution in [-0.2, 0) is 9.59 Å². The van der Waals surface area contributed by atoms with Crippen LogP contribution in [0.1, 0.15) is 19.3 Å². The van der Waals surface area contributed by atoms with Crippen LogP contribution in [0.25, 0.3) is 5.69 Å². The standard InChI is InChI=1S/C22H26FN5O3/c23-18-11-16(28-9-2-1-4-22(28)31)6-7-19(18)25-20(29)14-27-12-15(24)10-17(27)13-26-8-3-5-21(26)30/h1-2,4,6-7,9,11,15,17H,3,5,8,10,12-14,24H2,(H,25,29)/t15-,17+/m1/s1. The summed E-state index contributed by atoms with van der Waals surface area (Å²) in [4.78, 5) is 40.2. The lowest BCUT2D eigenvalue weighted by molar-refractivity contribution is -0.128. The molecule has 0 saturated carbocycles. The molecule has 8 nitrogen and oxygen atoms in total. The van der Waals surface area contributed by atoms with Crippen molar-refractivity contribution in [1.29, 1.82) is 0 Å². The number of aromatic nitrogens is 1. The van der Waals surface area contributed by atoms with Gasteiger partial charge in [-0.25, -0.2) is 4.39 Å². The minimum atomic E-state index is -0.626. The first-order chi connectivity index (χ1) is 14.9. The van der Waals surface area contributed by atoms with Crippen LogP contribution in [0.15, 0.2) is 47.4 Å². The fourth-order valence-electron chi connectivity index (χ4n) is 4.33. The van der Waals surface area contributed by atoms with Gasteiger partial charge >= 0.3 is 0 Å². The Morgan fingerprint density at radius 1 is 1.23 bits per heavy atom. The number of hydrogen-bond acceptors (Lipinski definition) is 5. The second kappa shape index (κ2) is 8.99. The summed E-state index contributed by atoms with van der Waals surface area (Å²) < 4.78 is 15.9.